The third-order valence-corrected chi connectivity index (χ3v) is 5.92. The van der Waals surface area contributed by atoms with Crippen LogP contribution in [0.3, 0.4) is 0 Å². The van der Waals surface area contributed by atoms with Crippen LogP contribution < -0.4 is 0 Å². The van der Waals surface area contributed by atoms with Gasteiger partial charge in [-0.2, -0.15) is 5.10 Å². The highest BCUT2D eigenvalue weighted by Crippen LogP contribution is 2.29. The van der Waals surface area contributed by atoms with Crippen LogP contribution in [0.15, 0.2) is 79.1 Å². The van der Waals surface area contributed by atoms with E-state index in [9.17, 15) is 0 Å². The van der Waals surface area contributed by atoms with Crippen molar-refractivity contribution in [3.8, 4) is 0 Å². The summed E-state index contributed by atoms with van der Waals surface area (Å²) in [5, 5.41) is 4.28. The van der Waals surface area contributed by atoms with Crippen molar-refractivity contribution in [3.05, 3.63) is 90.3 Å². The first-order valence-electron chi connectivity index (χ1n) is 10.9. The number of benzene rings is 2. The quantitative estimate of drug-likeness (QED) is 0.506. The molecule has 0 spiro atoms. The standard InChI is InChI=1S/C25H32N4/c1-4-11-23(12-5-1)25(24-13-6-2-7-14-24)28-21-19-27(20-22-28)16-8-3-9-17-29-18-10-15-26-29/h1-2,4-7,10-15,18,25H,3,8-9,16-17,19-22H2. The molecule has 1 saturated heterocycles. The van der Waals surface area contributed by atoms with E-state index >= 15 is 0 Å². The molecule has 1 aliphatic heterocycles. The molecule has 0 amide bonds. The van der Waals surface area contributed by atoms with Gasteiger partial charge in [-0.1, -0.05) is 67.1 Å². The summed E-state index contributed by atoms with van der Waals surface area (Å²) in [7, 11) is 0. The van der Waals surface area contributed by atoms with Crippen LogP contribution in [0.4, 0.5) is 0 Å². The molecule has 0 bridgehead atoms. The third-order valence-electron chi connectivity index (χ3n) is 5.92. The average Bonchev–Trinajstić information content (AvgIpc) is 3.30. The molecule has 3 aromatic rings. The van der Waals surface area contributed by atoms with Crippen LogP contribution >= 0.6 is 0 Å². The normalized spacial score (nSPS) is 15.8. The van der Waals surface area contributed by atoms with Gasteiger partial charge in [-0.15, -0.1) is 0 Å². The highest BCUT2D eigenvalue weighted by Gasteiger charge is 2.25. The molecule has 2 heterocycles. The molecule has 0 aliphatic carbocycles. The molecule has 29 heavy (non-hydrogen) atoms. The minimum atomic E-state index is 0.355. The predicted octanol–water partition coefficient (Wildman–Crippen LogP) is 4.46. The van der Waals surface area contributed by atoms with Gasteiger partial charge in [0.1, 0.15) is 0 Å². The first kappa shape index (κ1) is 19.9. The Hall–Kier alpha value is -2.43. The van der Waals surface area contributed by atoms with Gasteiger partial charge >= 0.3 is 0 Å². The fourth-order valence-electron chi connectivity index (χ4n) is 4.35. The van der Waals surface area contributed by atoms with Crippen molar-refractivity contribution in [1.82, 2.24) is 19.6 Å². The van der Waals surface area contributed by atoms with Crippen LogP contribution in [-0.2, 0) is 6.54 Å². The van der Waals surface area contributed by atoms with Gasteiger partial charge in [-0.05, 0) is 36.6 Å². The van der Waals surface area contributed by atoms with Crippen LogP contribution in [0.25, 0.3) is 0 Å². The zero-order chi connectivity index (χ0) is 19.7. The van der Waals surface area contributed by atoms with Crippen LogP contribution in [-0.4, -0.2) is 52.3 Å². The van der Waals surface area contributed by atoms with Crippen LogP contribution in [0.5, 0.6) is 0 Å². The van der Waals surface area contributed by atoms with E-state index in [1.807, 2.05) is 16.9 Å². The van der Waals surface area contributed by atoms with Gasteiger partial charge in [-0.3, -0.25) is 9.58 Å². The van der Waals surface area contributed by atoms with Crippen molar-refractivity contribution in [3.63, 3.8) is 0 Å². The molecule has 152 valence electrons. The maximum Gasteiger partial charge on any atom is 0.0602 e. The van der Waals surface area contributed by atoms with E-state index in [1.165, 1.54) is 36.9 Å². The molecule has 0 saturated carbocycles. The molecular weight excluding hydrogens is 356 g/mol. The lowest BCUT2D eigenvalue weighted by Crippen LogP contribution is -2.48. The number of nitrogens with zero attached hydrogens (tertiary/aromatic N) is 4. The molecule has 0 atom stereocenters. The maximum atomic E-state index is 4.28. The SMILES string of the molecule is c1ccc(C(c2ccccc2)N2CCN(CCCCCn3cccn3)CC2)cc1. The fraction of sp³-hybridized carbons (Fsp3) is 0.400. The van der Waals surface area contributed by atoms with Gasteiger partial charge < -0.3 is 4.90 Å². The summed E-state index contributed by atoms with van der Waals surface area (Å²) >= 11 is 0. The lowest BCUT2D eigenvalue weighted by atomic mass is 9.96. The van der Waals surface area contributed by atoms with Crippen molar-refractivity contribution >= 4 is 0 Å². The van der Waals surface area contributed by atoms with Crippen LogP contribution in [0, 0.1) is 0 Å². The molecule has 1 aliphatic rings. The smallest absolute Gasteiger partial charge is 0.0602 e. The monoisotopic (exact) mass is 388 g/mol. The number of rotatable bonds is 9. The Balaban J connectivity index is 1.27. The fourth-order valence-corrected chi connectivity index (χ4v) is 4.35. The van der Waals surface area contributed by atoms with Gasteiger partial charge in [0.25, 0.3) is 0 Å². The summed E-state index contributed by atoms with van der Waals surface area (Å²) in [6.07, 6.45) is 7.68. The number of piperazine rings is 1. The predicted molar refractivity (Wildman–Crippen MR) is 119 cm³/mol. The lowest BCUT2D eigenvalue weighted by Gasteiger charge is -2.39. The molecule has 0 unspecified atom stereocenters. The zero-order valence-corrected chi connectivity index (χ0v) is 17.2. The number of aromatic nitrogens is 2. The third kappa shape index (κ3) is 5.55. The topological polar surface area (TPSA) is 24.3 Å². The van der Waals surface area contributed by atoms with Crippen molar-refractivity contribution in [2.75, 3.05) is 32.7 Å². The largest absolute Gasteiger partial charge is 0.301 e. The molecule has 4 heteroatoms. The number of unbranched alkanes of at least 4 members (excludes halogenated alkanes) is 2. The lowest BCUT2D eigenvalue weighted by molar-refractivity contribution is 0.108. The van der Waals surface area contributed by atoms with E-state index in [1.54, 1.807) is 0 Å². The van der Waals surface area contributed by atoms with Crippen molar-refractivity contribution in [2.24, 2.45) is 0 Å². The second kappa shape index (κ2) is 10.4. The van der Waals surface area contributed by atoms with Crippen LogP contribution in [0.1, 0.15) is 36.4 Å². The number of hydrogen-bond acceptors (Lipinski definition) is 3. The Labute approximate surface area is 174 Å². The molecule has 1 aromatic heterocycles. The summed E-state index contributed by atoms with van der Waals surface area (Å²) in [6.45, 7) is 6.83. The number of aryl methyl sites for hydroxylation is 1. The molecule has 0 N–H and O–H groups in total. The summed E-state index contributed by atoms with van der Waals surface area (Å²) in [5.41, 5.74) is 2.79. The van der Waals surface area contributed by atoms with Crippen molar-refractivity contribution in [2.45, 2.75) is 31.8 Å². The van der Waals surface area contributed by atoms with E-state index in [4.69, 9.17) is 0 Å². The Morgan fingerprint density at radius 1 is 0.690 bits per heavy atom. The van der Waals surface area contributed by atoms with Gasteiger partial charge in [-0.25, -0.2) is 0 Å². The van der Waals surface area contributed by atoms with Gasteiger partial charge in [0, 0.05) is 45.1 Å². The van der Waals surface area contributed by atoms with E-state index < -0.39 is 0 Å². The Bertz CT molecular complexity index is 769. The van der Waals surface area contributed by atoms with Gasteiger partial charge in [0.2, 0.25) is 0 Å². The van der Waals surface area contributed by atoms with E-state index in [-0.39, 0.29) is 0 Å². The molecule has 0 radical (unpaired) electrons. The highest BCUT2D eigenvalue weighted by atomic mass is 15.3. The Kier molecular flexibility index (Phi) is 7.11. The first-order valence-corrected chi connectivity index (χ1v) is 10.9. The highest BCUT2D eigenvalue weighted by molar-refractivity contribution is 5.31. The minimum absolute atomic E-state index is 0.355. The second-order valence-electron chi connectivity index (χ2n) is 7.93. The Morgan fingerprint density at radius 3 is 1.90 bits per heavy atom. The Morgan fingerprint density at radius 2 is 1.31 bits per heavy atom. The number of hydrogen-bond donors (Lipinski definition) is 0. The summed E-state index contributed by atoms with van der Waals surface area (Å²) < 4.78 is 2.03. The first-order chi connectivity index (χ1) is 14.4. The molecule has 2 aromatic carbocycles. The van der Waals surface area contributed by atoms with Crippen molar-refractivity contribution in [1.29, 1.82) is 0 Å². The zero-order valence-electron chi connectivity index (χ0n) is 17.2. The summed E-state index contributed by atoms with van der Waals surface area (Å²) in [6, 6.07) is 24.3. The van der Waals surface area contributed by atoms with E-state index in [2.05, 4.69) is 81.8 Å². The maximum absolute atomic E-state index is 4.28. The second-order valence-corrected chi connectivity index (χ2v) is 7.93. The van der Waals surface area contributed by atoms with Crippen molar-refractivity contribution < 1.29 is 0 Å². The van der Waals surface area contributed by atoms with E-state index in [0.29, 0.717) is 6.04 Å². The summed E-state index contributed by atoms with van der Waals surface area (Å²) in [5.74, 6) is 0. The molecule has 4 nitrogen and oxygen atoms in total. The average molecular weight is 389 g/mol. The molecule has 1 fully saturated rings. The van der Waals surface area contributed by atoms with Gasteiger partial charge in [0.15, 0.2) is 0 Å². The molecule has 4 rings (SSSR count). The van der Waals surface area contributed by atoms with E-state index in [0.717, 1.165) is 32.7 Å². The van der Waals surface area contributed by atoms with Crippen LogP contribution in [0.2, 0.25) is 0 Å². The minimum Gasteiger partial charge on any atom is -0.301 e. The van der Waals surface area contributed by atoms with Gasteiger partial charge in [0.05, 0.1) is 6.04 Å². The molecular formula is C25H32N4. The summed E-state index contributed by atoms with van der Waals surface area (Å²) in [4.78, 5) is 5.29.